The molecule has 0 N–H and O–H groups in total. The van der Waals surface area contributed by atoms with Gasteiger partial charge in [-0.25, -0.2) is 0 Å². The van der Waals surface area contributed by atoms with Crippen molar-refractivity contribution in [2.75, 3.05) is 11.4 Å². The van der Waals surface area contributed by atoms with Crippen molar-refractivity contribution >= 4 is 22.5 Å². The molecule has 0 fully saturated rings. The van der Waals surface area contributed by atoms with Crippen LogP contribution in [-0.4, -0.2) is 23.6 Å². The van der Waals surface area contributed by atoms with Crippen LogP contribution in [0.15, 0.2) is 42.5 Å². The Balaban J connectivity index is 0.00000155. The van der Waals surface area contributed by atoms with Crippen molar-refractivity contribution in [1.82, 2.24) is 4.57 Å². The van der Waals surface area contributed by atoms with Gasteiger partial charge in [0.15, 0.2) is 0 Å². The maximum Gasteiger partial charge on any atom is 0.387 e. The normalized spacial score (nSPS) is 10.4. The highest BCUT2D eigenvalue weighted by Gasteiger charge is 2.18. The first-order valence-corrected chi connectivity index (χ1v) is 9.73. The fourth-order valence-corrected chi connectivity index (χ4v) is 3.43. The summed E-state index contributed by atoms with van der Waals surface area (Å²) in [4.78, 5) is 13.4. The molecule has 158 valence electrons. The highest BCUT2D eigenvalue weighted by molar-refractivity contribution is 5.96. The monoisotopic (exact) mass is 413 g/mol. The molecular formula is C23H25F2N3O2. The number of carbonyl (C=O) groups excluding carboxylic acids is 1. The van der Waals surface area contributed by atoms with Crippen LogP contribution in [0.5, 0.6) is 5.75 Å². The zero-order valence-corrected chi connectivity index (χ0v) is 17.7. The Morgan fingerprint density at radius 2 is 1.83 bits per heavy atom. The van der Waals surface area contributed by atoms with Gasteiger partial charge in [-0.05, 0) is 36.8 Å². The summed E-state index contributed by atoms with van der Waals surface area (Å²) in [5, 5.41) is 10.3. The van der Waals surface area contributed by atoms with Crippen molar-refractivity contribution in [3.63, 3.8) is 0 Å². The van der Waals surface area contributed by atoms with Crippen LogP contribution in [0.2, 0.25) is 0 Å². The molecule has 0 aliphatic heterocycles. The van der Waals surface area contributed by atoms with Crippen LogP contribution in [0.4, 0.5) is 14.5 Å². The number of hydrogen-bond acceptors (Lipinski definition) is 3. The zero-order valence-electron chi connectivity index (χ0n) is 17.7. The molecule has 3 rings (SSSR count). The van der Waals surface area contributed by atoms with Crippen LogP contribution in [0, 0.1) is 11.3 Å². The minimum atomic E-state index is -2.91. The molecule has 1 aromatic heterocycles. The Hall–Kier alpha value is -3.40. The smallest absolute Gasteiger partial charge is 0.387 e. The van der Waals surface area contributed by atoms with E-state index in [9.17, 15) is 18.8 Å². The molecule has 7 heteroatoms. The average molecular weight is 413 g/mol. The fourth-order valence-electron chi connectivity index (χ4n) is 3.43. The van der Waals surface area contributed by atoms with Crippen molar-refractivity contribution in [2.24, 2.45) is 7.05 Å². The number of benzene rings is 2. The van der Waals surface area contributed by atoms with Crippen molar-refractivity contribution in [1.29, 1.82) is 5.26 Å². The summed E-state index contributed by atoms with van der Waals surface area (Å²) < 4.78 is 31.3. The van der Waals surface area contributed by atoms with Gasteiger partial charge >= 0.3 is 6.61 Å². The number of carbonyl (C=O) groups is 1. The number of fused-ring (bicyclic) bond motifs is 1. The van der Waals surface area contributed by atoms with E-state index in [1.165, 1.54) is 19.1 Å². The summed E-state index contributed by atoms with van der Waals surface area (Å²) in [6.07, 6.45) is 0. The van der Waals surface area contributed by atoms with Crippen molar-refractivity contribution in [3.05, 3.63) is 48.0 Å². The van der Waals surface area contributed by atoms with E-state index >= 15 is 0 Å². The second kappa shape index (κ2) is 9.88. The Morgan fingerprint density at radius 3 is 2.33 bits per heavy atom. The Bertz CT molecular complexity index is 1070. The minimum Gasteiger partial charge on any atom is -0.435 e. The molecule has 0 spiro atoms. The Kier molecular flexibility index (Phi) is 7.54. The topological polar surface area (TPSA) is 58.3 Å². The van der Waals surface area contributed by atoms with Gasteiger partial charge in [0.05, 0.1) is 16.8 Å². The third-order valence-electron chi connectivity index (χ3n) is 4.66. The highest BCUT2D eigenvalue weighted by Crippen LogP contribution is 2.35. The number of nitriles is 1. The maximum absolute atomic E-state index is 12.5. The number of anilines is 1. The van der Waals surface area contributed by atoms with Crippen molar-refractivity contribution in [3.8, 4) is 23.1 Å². The molecule has 2 aromatic carbocycles. The van der Waals surface area contributed by atoms with Crippen LogP contribution in [0.3, 0.4) is 0 Å². The van der Waals surface area contributed by atoms with Gasteiger partial charge in [-0.3, -0.25) is 4.79 Å². The summed E-state index contributed by atoms with van der Waals surface area (Å²) >= 11 is 0. The molecule has 0 saturated heterocycles. The predicted molar refractivity (Wildman–Crippen MR) is 115 cm³/mol. The first kappa shape index (κ1) is 22.9. The third-order valence-corrected chi connectivity index (χ3v) is 4.66. The van der Waals surface area contributed by atoms with E-state index < -0.39 is 6.61 Å². The summed E-state index contributed by atoms with van der Waals surface area (Å²) in [7, 11) is 1.77. The molecule has 1 amide bonds. The van der Waals surface area contributed by atoms with Gasteiger partial charge in [-0.2, -0.15) is 14.0 Å². The van der Waals surface area contributed by atoms with Crippen LogP contribution in [0.25, 0.3) is 22.2 Å². The number of aromatic nitrogens is 1. The number of nitrogens with zero attached hydrogens (tertiary/aromatic N) is 3. The van der Waals surface area contributed by atoms with Gasteiger partial charge in [0, 0.05) is 37.7 Å². The molecule has 0 unspecified atom stereocenters. The predicted octanol–water partition coefficient (Wildman–Crippen LogP) is 5.72. The van der Waals surface area contributed by atoms with Crippen LogP contribution >= 0.6 is 0 Å². The Morgan fingerprint density at radius 1 is 1.20 bits per heavy atom. The fraction of sp³-hybridized carbons (Fsp3) is 0.304. The lowest BCUT2D eigenvalue weighted by Gasteiger charge is -2.19. The molecule has 0 bridgehead atoms. The van der Waals surface area contributed by atoms with E-state index in [2.05, 4.69) is 10.8 Å². The first-order valence-electron chi connectivity index (χ1n) is 9.73. The Labute approximate surface area is 175 Å². The molecule has 3 aromatic rings. The van der Waals surface area contributed by atoms with Crippen LogP contribution in [-0.2, 0) is 11.8 Å². The number of hydrogen-bond donors (Lipinski definition) is 0. The highest BCUT2D eigenvalue weighted by atomic mass is 19.3. The standard InChI is InChI=1S/C21H19F2N3O2.C2H6/c1-4-26(13(2)27)15-7-5-14(6-8-15)20-18(12-24)17-10-9-16(28-21(22)23)11-19(17)25(20)3;1-2/h5-11,21H,4H2,1-3H3;1-2H3. The molecule has 0 aliphatic rings. The van der Waals surface area contributed by atoms with Gasteiger partial charge in [-0.1, -0.05) is 26.0 Å². The summed E-state index contributed by atoms with van der Waals surface area (Å²) in [6.45, 7) is 5.04. The molecule has 0 radical (unpaired) electrons. The molecule has 0 atom stereocenters. The minimum absolute atomic E-state index is 0.0366. The molecule has 0 saturated carbocycles. The van der Waals surface area contributed by atoms with Crippen LogP contribution < -0.4 is 9.64 Å². The number of halogens is 2. The van der Waals surface area contributed by atoms with Gasteiger partial charge < -0.3 is 14.2 Å². The van der Waals surface area contributed by atoms with Gasteiger partial charge in [0.2, 0.25) is 5.91 Å². The van der Waals surface area contributed by atoms with E-state index in [1.807, 2.05) is 45.0 Å². The molecule has 1 heterocycles. The van der Waals surface area contributed by atoms with E-state index in [-0.39, 0.29) is 11.7 Å². The van der Waals surface area contributed by atoms with Gasteiger partial charge in [0.1, 0.15) is 11.8 Å². The number of amides is 1. The quantitative estimate of drug-likeness (QED) is 0.538. The summed E-state index contributed by atoms with van der Waals surface area (Å²) in [5.74, 6) is -0.0151. The lowest BCUT2D eigenvalue weighted by molar-refractivity contribution is -0.116. The van der Waals surface area contributed by atoms with E-state index in [0.717, 1.165) is 11.3 Å². The molecule has 0 aliphatic carbocycles. The largest absolute Gasteiger partial charge is 0.435 e. The summed E-state index contributed by atoms with van der Waals surface area (Å²) in [6, 6.07) is 14.1. The average Bonchev–Trinajstić information content (AvgIpc) is 3.01. The van der Waals surface area contributed by atoms with E-state index in [4.69, 9.17) is 0 Å². The lowest BCUT2D eigenvalue weighted by Crippen LogP contribution is -2.27. The molecule has 5 nitrogen and oxygen atoms in total. The molecule has 30 heavy (non-hydrogen) atoms. The first-order chi connectivity index (χ1) is 14.4. The molecular weight excluding hydrogens is 388 g/mol. The van der Waals surface area contributed by atoms with E-state index in [1.54, 1.807) is 22.6 Å². The third kappa shape index (κ3) is 4.43. The van der Waals surface area contributed by atoms with E-state index in [0.29, 0.717) is 28.7 Å². The zero-order chi connectivity index (χ0) is 22.4. The number of rotatable bonds is 5. The number of alkyl halides is 2. The second-order valence-electron chi connectivity index (χ2n) is 6.26. The summed E-state index contributed by atoms with van der Waals surface area (Å²) in [5.41, 5.74) is 3.29. The number of aryl methyl sites for hydroxylation is 1. The SMILES string of the molecule is CC.CCN(C(C)=O)c1ccc(-c2c(C#N)c3ccc(OC(F)F)cc3n2C)cc1. The van der Waals surface area contributed by atoms with Crippen LogP contribution in [0.1, 0.15) is 33.3 Å². The number of ether oxygens (including phenoxy) is 1. The van der Waals surface area contributed by atoms with Gasteiger partial charge in [-0.15, -0.1) is 0 Å². The van der Waals surface area contributed by atoms with Gasteiger partial charge in [0.25, 0.3) is 0 Å². The van der Waals surface area contributed by atoms with Crippen molar-refractivity contribution < 1.29 is 18.3 Å². The van der Waals surface area contributed by atoms with Crippen molar-refractivity contribution in [2.45, 2.75) is 34.3 Å². The second-order valence-corrected chi connectivity index (χ2v) is 6.26. The lowest BCUT2D eigenvalue weighted by atomic mass is 10.1. The maximum atomic E-state index is 12.5.